The predicted octanol–water partition coefficient (Wildman–Crippen LogP) is 3.32. The summed E-state index contributed by atoms with van der Waals surface area (Å²) in [6, 6.07) is 9.64. The number of anilines is 1. The molecular weight excluding hydrogens is 319 g/mol. The zero-order chi connectivity index (χ0) is 14.6. The van der Waals surface area contributed by atoms with E-state index in [1.54, 1.807) is 30.3 Å². The van der Waals surface area contributed by atoms with Gasteiger partial charge in [-0.15, -0.1) is 11.6 Å². The van der Waals surface area contributed by atoms with Gasteiger partial charge in [0.2, 0.25) is 0 Å². The number of rotatable bonds is 5. The fourth-order valence-corrected chi connectivity index (χ4v) is 2.92. The van der Waals surface area contributed by atoms with E-state index < -0.39 is 10.0 Å². The Hall–Kier alpha value is -1.30. The van der Waals surface area contributed by atoms with E-state index in [9.17, 15) is 8.42 Å². The van der Waals surface area contributed by atoms with Gasteiger partial charge in [0.1, 0.15) is 5.82 Å². The minimum atomic E-state index is -3.65. The van der Waals surface area contributed by atoms with Crippen LogP contribution in [0.3, 0.4) is 0 Å². The molecule has 0 saturated carbocycles. The molecule has 2 aromatic rings. The number of halogens is 2. The number of aryl methyl sites for hydroxylation is 1. The molecule has 0 aliphatic heterocycles. The number of sulfonamides is 1. The molecule has 0 saturated heterocycles. The summed E-state index contributed by atoms with van der Waals surface area (Å²) < 4.78 is 26.7. The van der Waals surface area contributed by atoms with E-state index in [2.05, 4.69) is 9.71 Å². The summed E-state index contributed by atoms with van der Waals surface area (Å²) in [4.78, 5) is 4.07. The van der Waals surface area contributed by atoms with Crippen LogP contribution in [0.25, 0.3) is 0 Å². The Morgan fingerprint density at radius 2 is 1.80 bits per heavy atom. The van der Waals surface area contributed by atoms with Crippen molar-refractivity contribution in [3.63, 3.8) is 0 Å². The molecule has 1 heterocycles. The fourth-order valence-electron chi connectivity index (χ4n) is 1.58. The summed E-state index contributed by atoms with van der Waals surface area (Å²) in [6.45, 7) is 0. The monoisotopic (exact) mass is 330 g/mol. The second kappa shape index (κ2) is 6.43. The molecule has 0 spiro atoms. The van der Waals surface area contributed by atoms with E-state index >= 15 is 0 Å². The maximum absolute atomic E-state index is 12.1. The first-order chi connectivity index (χ1) is 9.51. The number of aromatic nitrogens is 1. The van der Waals surface area contributed by atoms with Crippen molar-refractivity contribution in [1.29, 1.82) is 0 Å². The van der Waals surface area contributed by atoms with Crippen molar-refractivity contribution < 1.29 is 8.42 Å². The van der Waals surface area contributed by atoms with Crippen LogP contribution in [-0.2, 0) is 16.4 Å². The fraction of sp³-hybridized carbons (Fsp3) is 0.154. The van der Waals surface area contributed by atoms with Crippen LogP contribution in [-0.4, -0.2) is 19.3 Å². The van der Waals surface area contributed by atoms with Crippen molar-refractivity contribution in [2.24, 2.45) is 0 Å². The molecule has 0 aliphatic carbocycles. The van der Waals surface area contributed by atoms with Gasteiger partial charge < -0.3 is 0 Å². The highest BCUT2D eigenvalue weighted by Crippen LogP contribution is 2.16. The minimum absolute atomic E-state index is 0.174. The van der Waals surface area contributed by atoms with Gasteiger partial charge in [-0.05, 0) is 36.2 Å². The average Bonchev–Trinajstić information content (AvgIpc) is 2.42. The Balaban J connectivity index is 2.19. The standard InChI is InChI=1S/C13H12Cl2N2O2S/c14-8-7-10-1-4-12(5-2-10)20(18,19)17-13-6-3-11(15)9-16-13/h1-6,9H,7-8H2,(H,16,17). The summed E-state index contributed by atoms with van der Waals surface area (Å²) in [5.74, 6) is 0.721. The molecule has 0 fully saturated rings. The molecule has 0 atom stereocenters. The first-order valence-electron chi connectivity index (χ1n) is 5.80. The number of hydrogen-bond acceptors (Lipinski definition) is 3. The topological polar surface area (TPSA) is 59.1 Å². The Morgan fingerprint density at radius 1 is 1.10 bits per heavy atom. The molecule has 0 bridgehead atoms. The Labute approximate surface area is 127 Å². The summed E-state index contributed by atoms with van der Waals surface area (Å²) in [7, 11) is -3.65. The van der Waals surface area contributed by atoms with Crippen molar-refractivity contribution in [3.05, 3.63) is 53.2 Å². The number of nitrogens with zero attached hydrogens (tertiary/aromatic N) is 1. The third kappa shape index (κ3) is 3.85. The molecule has 4 nitrogen and oxygen atoms in total. The van der Waals surface area contributed by atoms with Gasteiger partial charge in [0, 0.05) is 12.1 Å². The smallest absolute Gasteiger partial charge is 0.263 e. The zero-order valence-electron chi connectivity index (χ0n) is 10.4. The molecule has 7 heteroatoms. The normalized spacial score (nSPS) is 11.3. The molecule has 1 aromatic heterocycles. The van der Waals surface area contributed by atoms with Gasteiger partial charge in [-0.1, -0.05) is 23.7 Å². The van der Waals surface area contributed by atoms with Crippen LogP contribution < -0.4 is 4.72 Å². The number of benzene rings is 1. The van der Waals surface area contributed by atoms with Gasteiger partial charge in [0.15, 0.2) is 0 Å². The average molecular weight is 331 g/mol. The summed E-state index contributed by atoms with van der Waals surface area (Å²) in [5, 5.41) is 0.443. The number of alkyl halides is 1. The van der Waals surface area contributed by atoms with E-state index in [0.717, 1.165) is 5.56 Å². The Kier molecular flexibility index (Phi) is 4.86. The van der Waals surface area contributed by atoms with Crippen LogP contribution in [0.15, 0.2) is 47.5 Å². The molecule has 0 radical (unpaired) electrons. The van der Waals surface area contributed by atoms with Crippen LogP contribution in [0.5, 0.6) is 0 Å². The van der Waals surface area contributed by atoms with Crippen LogP contribution in [0.1, 0.15) is 5.56 Å². The highest BCUT2D eigenvalue weighted by molar-refractivity contribution is 7.92. The third-order valence-electron chi connectivity index (χ3n) is 2.58. The van der Waals surface area contributed by atoms with Crippen molar-refractivity contribution in [3.8, 4) is 0 Å². The van der Waals surface area contributed by atoms with Crippen molar-refractivity contribution in [1.82, 2.24) is 4.98 Å². The van der Waals surface area contributed by atoms with Crippen molar-refractivity contribution >= 4 is 39.0 Å². The van der Waals surface area contributed by atoms with Crippen LogP contribution in [0.2, 0.25) is 5.02 Å². The zero-order valence-corrected chi connectivity index (χ0v) is 12.7. The van der Waals surface area contributed by atoms with Gasteiger partial charge in [-0.25, -0.2) is 13.4 Å². The highest BCUT2D eigenvalue weighted by Gasteiger charge is 2.14. The predicted molar refractivity (Wildman–Crippen MR) is 80.9 cm³/mol. The molecule has 0 aliphatic rings. The molecule has 1 aromatic carbocycles. The first kappa shape index (κ1) is 15.1. The molecule has 0 amide bonds. The number of pyridine rings is 1. The lowest BCUT2D eigenvalue weighted by Gasteiger charge is -2.08. The van der Waals surface area contributed by atoms with Gasteiger partial charge in [-0.3, -0.25) is 4.72 Å². The lowest BCUT2D eigenvalue weighted by Crippen LogP contribution is -2.13. The lowest BCUT2D eigenvalue weighted by molar-refractivity contribution is 0.601. The second-order valence-corrected chi connectivity index (χ2v) is 6.55. The Bertz CT molecular complexity index is 671. The highest BCUT2D eigenvalue weighted by atomic mass is 35.5. The SMILES string of the molecule is O=S(=O)(Nc1ccc(Cl)cn1)c1ccc(CCCl)cc1. The van der Waals surface area contributed by atoms with E-state index in [-0.39, 0.29) is 10.7 Å². The molecule has 20 heavy (non-hydrogen) atoms. The van der Waals surface area contributed by atoms with Crippen molar-refractivity contribution in [2.45, 2.75) is 11.3 Å². The molecule has 0 unspecified atom stereocenters. The van der Waals surface area contributed by atoms with E-state index in [1.165, 1.54) is 12.3 Å². The first-order valence-corrected chi connectivity index (χ1v) is 8.20. The molecule has 106 valence electrons. The maximum atomic E-state index is 12.1. The van der Waals surface area contributed by atoms with Gasteiger partial charge >= 0.3 is 0 Å². The maximum Gasteiger partial charge on any atom is 0.263 e. The minimum Gasteiger partial charge on any atom is -0.263 e. The van der Waals surface area contributed by atoms with Gasteiger partial charge in [0.25, 0.3) is 10.0 Å². The summed E-state index contributed by atoms with van der Waals surface area (Å²) in [5.41, 5.74) is 0.989. The number of nitrogens with one attached hydrogen (secondary N) is 1. The second-order valence-electron chi connectivity index (χ2n) is 4.05. The summed E-state index contributed by atoms with van der Waals surface area (Å²) in [6.07, 6.45) is 2.08. The molecule has 1 N–H and O–H groups in total. The Morgan fingerprint density at radius 3 is 2.35 bits per heavy atom. The van der Waals surface area contributed by atoms with Crippen LogP contribution in [0, 0.1) is 0 Å². The van der Waals surface area contributed by atoms with Gasteiger partial charge in [-0.2, -0.15) is 0 Å². The van der Waals surface area contributed by atoms with Crippen molar-refractivity contribution in [2.75, 3.05) is 10.6 Å². The van der Waals surface area contributed by atoms with E-state index in [4.69, 9.17) is 23.2 Å². The number of hydrogen-bond donors (Lipinski definition) is 1. The quantitative estimate of drug-likeness (QED) is 0.855. The third-order valence-corrected chi connectivity index (χ3v) is 4.37. The molecule has 2 rings (SSSR count). The van der Waals surface area contributed by atoms with Crippen LogP contribution >= 0.6 is 23.2 Å². The largest absolute Gasteiger partial charge is 0.263 e. The van der Waals surface area contributed by atoms with Crippen LogP contribution in [0.4, 0.5) is 5.82 Å². The lowest BCUT2D eigenvalue weighted by atomic mass is 10.2. The van der Waals surface area contributed by atoms with E-state index in [1.807, 2.05) is 0 Å². The molecular formula is C13H12Cl2N2O2S. The van der Waals surface area contributed by atoms with Gasteiger partial charge in [0.05, 0.1) is 9.92 Å². The van der Waals surface area contributed by atoms with E-state index in [0.29, 0.717) is 17.3 Å². The summed E-state index contributed by atoms with van der Waals surface area (Å²) >= 11 is 11.3.